The van der Waals surface area contributed by atoms with Crippen LogP contribution in [0.15, 0.2) is 0 Å². The minimum absolute atomic E-state index is 0.229. The maximum Gasteiger partial charge on any atom is 0.410 e. The van der Waals surface area contributed by atoms with E-state index in [1.54, 1.807) is 4.90 Å². The molecule has 0 aromatic rings. The van der Waals surface area contributed by atoms with Gasteiger partial charge in [-0.1, -0.05) is 0 Å². The van der Waals surface area contributed by atoms with Crippen LogP contribution in [0.4, 0.5) is 4.79 Å². The lowest BCUT2D eigenvalue weighted by Crippen LogP contribution is -2.45. The molecule has 0 aromatic heterocycles. The molecule has 0 bridgehead atoms. The van der Waals surface area contributed by atoms with Gasteiger partial charge in [0.1, 0.15) is 10.3 Å². The zero-order valence-electron chi connectivity index (χ0n) is 14.2. The lowest BCUT2D eigenvalue weighted by Gasteiger charge is -2.34. The van der Waals surface area contributed by atoms with Crippen molar-refractivity contribution in [2.75, 3.05) is 19.6 Å². The normalized spacial score (nSPS) is 19.5. The van der Waals surface area contributed by atoms with E-state index >= 15 is 0 Å². The van der Waals surface area contributed by atoms with Gasteiger partial charge in [-0.05, 0) is 60.3 Å². The van der Waals surface area contributed by atoms with Gasteiger partial charge in [0, 0.05) is 31.0 Å². The fraction of sp³-hybridized carbons (Fsp3) is 0.933. The first-order valence-corrected chi connectivity index (χ1v) is 8.77. The molecule has 0 saturated carbocycles. The SMILES string of the molecule is CC(C)(C)OC(=O)N1CCC(CN[S+]([O-])C(C)(C)C)CC1. The highest BCUT2D eigenvalue weighted by Gasteiger charge is 2.30. The Labute approximate surface area is 132 Å². The maximum atomic E-state index is 12.0. The van der Waals surface area contributed by atoms with Gasteiger partial charge in [-0.25, -0.2) is 4.79 Å². The molecule has 1 aliphatic rings. The van der Waals surface area contributed by atoms with Gasteiger partial charge in [0.05, 0.1) is 0 Å². The molecule has 1 unspecified atom stereocenters. The highest BCUT2D eigenvalue weighted by molar-refractivity contribution is 7.90. The molecule has 124 valence electrons. The van der Waals surface area contributed by atoms with Gasteiger partial charge in [-0.3, -0.25) is 0 Å². The largest absolute Gasteiger partial charge is 0.598 e. The van der Waals surface area contributed by atoms with Crippen LogP contribution >= 0.6 is 0 Å². The van der Waals surface area contributed by atoms with Crippen LogP contribution in [0.2, 0.25) is 0 Å². The maximum absolute atomic E-state index is 12.0. The van der Waals surface area contributed by atoms with Crippen LogP contribution in [0.5, 0.6) is 0 Å². The molecule has 1 fully saturated rings. The molecule has 1 rings (SSSR count). The van der Waals surface area contributed by atoms with Crippen molar-refractivity contribution in [2.24, 2.45) is 5.92 Å². The van der Waals surface area contributed by atoms with Crippen molar-refractivity contribution in [1.29, 1.82) is 0 Å². The lowest BCUT2D eigenvalue weighted by molar-refractivity contribution is 0.0185. The smallest absolute Gasteiger partial charge is 0.410 e. The van der Waals surface area contributed by atoms with E-state index < -0.39 is 17.0 Å². The van der Waals surface area contributed by atoms with Crippen molar-refractivity contribution in [3.8, 4) is 0 Å². The summed E-state index contributed by atoms with van der Waals surface area (Å²) in [7, 11) is 0. The van der Waals surface area contributed by atoms with E-state index in [-0.39, 0.29) is 10.8 Å². The summed E-state index contributed by atoms with van der Waals surface area (Å²) in [5.74, 6) is 0.468. The van der Waals surface area contributed by atoms with E-state index in [0.717, 1.165) is 19.4 Å². The Kier molecular flexibility index (Phi) is 6.37. The molecule has 1 saturated heterocycles. The first-order chi connectivity index (χ1) is 9.49. The Morgan fingerprint density at radius 2 is 1.76 bits per heavy atom. The second-order valence-electron chi connectivity index (χ2n) is 7.64. The molecule has 1 aliphatic heterocycles. The van der Waals surface area contributed by atoms with E-state index in [9.17, 15) is 9.35 Å². The van der Waals surface area contributed by atoms with Crippen molar-refractivity contribution in [1.82, 2.24) is 9.62 Å². The van der Waals surface area contributed by atoms with Crippen LogP contribution in [0.1, 0.15) is 54.4 Å². The number of carbonyl (C=O) groups excluding carboxylic acids is 1. The highest BCUT2D eigenvalue weighted by Crippen LogP contribution is 2.20. The zero-order valence-corrected chi connectivity index (χ0v) is 15.0. The molecule has 21 heavy (non-hydrogen) atoms. The summed E-state index contributed by atoms with van der Waals surface area (Å²) in [6.45, 7) is 13.7. The van der Waals surface area contributed by atoms with Crippen LogP contribution in [-0.4, -0.2) is 45.5 Å². The van der Waals surface area contributed by atoms with E-state index in [1.807, 2.05) is 41.5 Å². The third-order valence-corrected chi connectivity index (χ3v) is 4.87. The topological polar surface area (TPSA) is 64.6 Å². The summed E-state index contributed by atoms with van der Waals surface area (Å²) >= 11 is -1.03. The number of hydrogen-bond acceptors (Lipinski definition) is 4. The Bertz CT molecular complexity index is 342. The zero-order chi connectivity index (χ0) is 16.3. The Balaban J connectivity index is 2.31. The molecular formula is C15H30N2O3S. The van der Waals surface area contributed by atoms with Gasteiger partial charge < -0.3 is 14.2 Å². The number of likely N-dealkylation sites (tertiary alicyclic amines) is 1. The molecule has 0 radical (unpaired) electrons. The first kappa shape index (κ1) is 18.6. The third-order valence-electron chi connectivity index (χ3n) is 3.33. The average Bonchev–Trinajstić information content (AvgIpc) is 2.33. The van der Waals surface area contributed by atoms with Gasteiger partial charge in [-0.2, -0.15) is 0 Å². The minimum Gasteiger partial charge on any atom is -0.598 e. The number of nitrogens with one attached hydrogen (secondary N) is 1. The van der Waals surface area contributed by atoms with Crippen LogP contribution in [0.3, 0.4) is 0 Å². The van der Waals surface area contributed by atoms with E-state index in [2.05, 4.69) is 4.72 Å². The van der Waals surface area contributed by atoms with Crippen molar-refractivity contribution < 1.29 is 14.1 Å². The van der Waals surface area contributed by atoms with Gasteiger partial charge in [0.25, 0.3) is 0 Å². The van der Waals surface area contributed by atoms with E-state index in [4.69, 9.17) is 4.74 Å². The number of hydrogen-bond donors (Lipinski definition) is 1. The third kappa shape index (κ3) is 6.89. The number of piperidine rings is 1. The van der Waals surface area contributed by atoms with Gasteiger partial charge in [-0.15, -0.1) is 4.72 Å². The molecular weight excluding hydrogens is 288 g/mol. The van der Waals surface area contributed by atoms with E-state index in [1.165, 1.54) is 0 Å². The molecule has 0 spiro atoms. The Morgan fingerprint density at radius 3 is 2.19 bits per heavy atom. The summed E-state index contributed by atoms with van der Waals surface area (Å²) in [5.41, 5.74) is -0.445. The summed E-state index contributed by atoms with van der Waals surface area (Å²) < 4.78 is 20.2. The molecule has 5 nitrogen and oxygen atoms in total. The number of ether oxygens (including phenoxy) is 1. The summed E-state index contributed by atoms with van der Waals surface area (Å²) in [6, 6.07) is 0. The molecule has 1 N–H and O–H groups in total. The molecule has 1 atom stereocenters. The van der Waals surface area contributed by atoms with Crippen LogP contribution in [0, 0.1) is 5.92 Å². The van der Waals surface area contributed by atoms with Gasteiger partial charge >= 0.3 is 6.09 Å². The molecule has 1 heterocycles. The summed E-state index contributed by atoms with van der Waals surface area (Å²) in [5, 5.41) is 0. The van der Waals surface area contributed by atoms with Crippen molar-refractivity contribution in [3.05, 3.63) is 0 Å². The quantitative estimate of drug-likeness (QED) is 0.813. The van der Waals surface area contributed by atoms with Gasteiger partial charge in [0.2, 0.25) is 0 Å². The first-order valence-electron chi connectivity index (χ1n) is 7.62. The second kappa shape index (κ2) is 7.20. The highest BCUT2D eigenvalue weighted by atomic mass is 32.2. The minimum atomic E-state index is -1.03. The second-order valence-corrected chi connectivity index (χ2v) is 9.69. The Hall–Kier alpha value is -0.460. The predicted molar refractivity (Wildman–Crippen MR) is 86.4 cm³/mol. The standard InChI is InChI=1S/C15H30N2O3S/c1-14(2,3)20-13(18)17-9-7-12(8-10-17)11-16-21(19)15(4,5)6/h12,16H,7-11H2,1-6H3. The summed E-state index contributed by atoms with van der Waals surface area (Å²) in [6.07, 6.45) is 1.62. The molecule has 0 aromatic carbocycles. The van der Waals surface area contributed by atoms with Crippen LogP contribution in [0.25, 0.3) is 0 Å². The summed E-state index contributed by atoms with van der Waals surface area (Å²) in [4.78, 5) is 13.7. The fourth-order valence-corrected chi connectivity index (χ4v) is 2.88. The number of carbonyl (C=O) groups is 1. The van der Waals surface area contributed by atoms with Crippen molar-refractivity contribution >= 4 is 17.5 Å². The predicted octanol–water partition coefficient (Wildman–Crippen LogP) is 2.69. The molecule has 1 amide bonds. The van der Waals surface area contributed by atoms with E-state index in [0.29, 0.717) is 19.0 Å². The van der Waals surface area contributed by atoms with Crippen molar-refractivity contribution in [3.63, 3.8) is 0 Å². The molecule has 6 heteroatoms. The average molecular weight is 318 g/mol. The lowest BCUT2D eigenvalue weighted by atomic mass is 9.97. The van der Waals surface area contributed by atoms with Crippen LogP contribution in [-0.2, 0) is 16.1 Å². The Morgan fingerprint density at radius 1 is 1.24 bits per heavy atom. The molecule has 0 aliphatic carbocycles. The monoisotopic (exact) mass is 318 g/mol. The van der Waals surface area contributed by atoms with Crippen molar-refractivity contribution in [2.45, 2.75) is 64.7 Å². The van der Waals surface area contributed by atoms with Crippen LogP contribution < -0.4 is 4.72 Å². The fourth-order valence-electron chi connectivity index (χ4n) is 2.06. The number of amides is 1. The van der Waals surface area contributed by atoms with Gasteiger partial charge in [0.15, 0.2) is 0 Å². The number of rotatable bonds is 3. The number of nitrogens with zero attached hydrogens (tertiary/aromatic N) is 1.